The number of nitrogens with two attached hydrogens (primary N) is 1. The molecular formula is C14H12N4O4S. The van der Waals surface area contributed by atoms with Crippen LogP contribution in [0.25, 0.3) is 22.9 Å². The van der Waals surface area contributed by atoms with E-state index >= 15 is 0 Å². The maximum absolute atomic E-state index is 11.2. The third-order valence-electron chi connectivity index (χ3n) is 3.05. The molecule has 0 radical (unpaired) electrons. The standard InChI is InChI=1S/C14H12N4O4S/c1-21-12-7-4-10(8-16-12)14-18-17-13(22-14)9-2-5-11(6-3-9)23(15,19)20/h2-8H,1H3,(H2,15,19,20). The summed E-state index contributed by atoms with van der Waals surface area (Å²) in [6.07, 6.45) is 1.56. The van der Waals surface area contributed by atoms with Gasteiger partial charge in [-0.3, -0.25) is 0 Å². The Morgan fingerprint density at radius 2 is 1.61 bits per heavy atom. The minimum atomic E-state index is -3.73. The predicted octanol–water partition coefficient (Wildman–Crippen LogP) is 1.45. The zero-order valence-electron chi connectivity index (χ0n) is 12.0. The summed E-state index contributed by atoms with van der Waals surface area (Å²) in [5.74, 6) is 1.04. The van der Waals surface area contributed by atoms with Crippen LogP contribution in [-0.2, 0) is 10.0 Å². The van der Waals surface area contributed by atoms with Crippen molar-refractivity contribution in [2.24, 2.45) is 5.14 Å². The number of methoxy groups -OCH3 is 1. The number of hydrogen-bond donors (Lipinski definition) is 1. The Kier molecular flexibility index (Phi) is 3.80. The molecule has 2 aromatic heterocycles. The van der Waals surface area contributed by atoms with Gasteiger partial charge in [-0.2, -0.15) is 0 Å². The molecule has 0 spiro atoms. The molecule has 2 heterocycles. The fourth-order valence-electron chi connectivity index (χ4n) is 1.87. The second-order valence-electron chi connectivity index (χ2n) is 4.57. The zero-order chi connectivity index (χ0) is 16.4. The van der Waals surface area contributed by atoms with Crippen molar-refractivity contribution in [2.45, 2.75) is 4.90 Å². The molecule has 0 atom stereocenters. The van der Waals surface area contributed by atoms with Crippen LogP contribution in [0.3, 0.4) is 0 Å². The Balaban J connectivity index is 1.89. The number of sulfonamides is 1. The van der Waals surface area contributed by atoms with Crippen molar-refractivity contribution in [3.63, 3.8) is 0 Å². The first-order chi connectivity index (χ1) is 11.0. The number of ether oxygens (including phenoxy) is 1. The van der Waals surface area contributed by atoms with E-state index in [1.807, 2.05) is 0 Å². The monoisotopic (exact) mass is 332 g/mol. The van der Waals surface area contributed by atoms with E-state index in [0.29, 0.717) is 22.9 Å². The first-order valence-corrected chi connectivity index (χ1v) is 7.99. The van der Waals surface area contributed by atoms with Gasteiger partial charge in [0.05, 0.1) is 17.6 Å². The van der Waals surface area contributed by atoms with E-state index in [1.54, 1.807) is 30.5 Å². The summed E-state index contributed by atoms with van der Waals surface area (Å²) in [6.45, 7) is 0. The molecule has 0 saturated heterocycles. The molecule has 0 aliphatic rings. The van der Waals surface area contributed by atoms with Crippen LogP contribution in [0, 0.1) is 0 Å². The molecule has 8 nitrogen and oxygen atoms in total. The summed E-state index contributed by atoms with van der Waals surface area (Å²) < 4.78 is 33.0. The topological polar surface area (TPSA) is 121 Å². The highest BCUT2D eigenvalue weighted by Gasteiger charge is 2.13. The average molecular weight is 332 g/mol. The number of primary sulfonamides is 1. The molecule has 0 bridgehead atoms. The lowest BCUT2D eigenvalue weighted by Crippen LogP contribution is -2.11. The van der Waals surface area contributed by atoms with Gasteiger partial charge in [-0.1, -0.05) is 0 Å². The SMILES string of the molecule is COc1ccc(-c2nnc(-c3ccc(S(N)(=O)=O)cc3)o2)cn1. The molecule has 9 heteroatoms. The van der Waals surface area contributed by atoms with Gasteiger partial charge in [0.15, 0.2) is 0 Å². The first kappa shape index (κ1) is 15.1. The third kappa shape index (κ3) is 3.20. The Morgan fingerprint density at radius 1 is 1.00 bits per heavy atom. The number of nitrogens with zero attached hydrogens (tertiary/aromatic N) is 3. The van der Waals surface area contributed by atoms with Crippen LogP contribution in [0.5, 0.6) is 5.88 Å². The van der Waals surface area contributed by atoms with Crippen LogP contribution in [0.2, 0.25) is 0 Å². The predicted molar refractivity (Wildman–Crippen MR) is 80.9 cm³/mol. The smallest absolute Gasteiger partial charge is 0.249 e. The molecule has 3 rings (SSSR count). The number of rotatable bonds is 4. The normalized spacial score (nSPS) is 11.4. The number of hydrogen-bond acceptors (Lipinski definition) is 7. The summed E-state index contributed by atoms with van der Waals surface area (Å²) >= 11 is 0. The van der Waals surface area contributed by atoms with Crippen LogP contribution >= 0.6 is 0 Å². The molecule has 0 amide bonds. The second kappa shape index (κ2) is 5.78. The minimum Gasteiger partial charge on any atom is -0.481 e. The second-order valence-corrected chi connectivity index (χ2v) is 6.13. The number of pyridine rings is 1. The average Bonchev–Trinajstić information content (AvgIpc) is 3.04. The summed E-state index contributed by atoms with van der Waals surface area (Å²) in [6, 6.07) is 9.27. The van der Waals surface area contributed by atoms with Crippen LogP contribution in [0.1, 0.15) is 0 Å². The van der Waals surface area contributed by atoms with Crippen LogP contribution in [0.15, 0.2) is 51.9 Å². The molecule has 118 valence electrons. The molecule has 0 fully saturated rings. The van der Waals surface area contributed by atoms with Gasteiger partial charge in [0.1, 0.15) is 0 Å². The fraction of sp³-hybridized carbons (Fsp3) is 0.0714. The van der Waals surface area contributed by atoms with Crippen molar-refractivity contribution in [1.29, 1.82) is 0 Å². The Morgan fingerprint density at radius 3 is 2.13 bits per heavy atom. The van der Waals surface area contributed by atoms with Crippen LogP contribution in [-0.4, -0.2) is 30.7 Å². The highest BCUT2D eigenvalue weighted by atomic mass is 32.2. The van der Waals surface area contributed by atoms with E-state index < -0.39 is 10.0 Å². The van der Waals surface area contributed by atoms with E-state index in [0.717, 1.165) is 0 Å². The van der Waals surface area contributed by atoms with Crippen LogP contribution < -0.4 is 9.88 Å². The summed E-state index contributed by atoms with van der Waals surface area (Å²) in [5, 5.41) is 12.9. The largest absolute Gasteiger partial charge is 0.481 e. The quantitative estimate of drug-likeness (QED) is 0.767. The lowest BCUT2D eigenvalue weighted by atomic mass is 10.2. The van der Waals surface area contributed by atoms with Crippen molar-refractivity contribution in [2.75, 3.05) is 7.11 Å². The van der Waals surface area contributed by atoms with Gasteiger partial charge in [0.2, 0.25) is 27.7 Å². The van der Waals surface area contributed by atoms with Gasteiger partial charge in [-0.05, 0) is 30.3 Å². The molecule has 0 aliphatic carbocycles. The highest BCUT2D eigenvalue weighted by Crippen LogP contribution is 2.25. The lowest BCUT2D eigenvalue weighted by molar-refractivity contribution is 0.398. The molecule has 0 aliphatic heterocycles. The molecule has 23 heavy (non-hydrogen) atoms. The van der Waals surface area contributed by atoms with E-state index in [4.69, 9.17) is 14.3 Å². The van der Waals surface area contributed by atoms with Crippen LogP contribution in [0.4, 0.5) is 0 Å². The van der Waals surface area contributed by atoms with E-state index in [-0.39, 0.29) is 10.8 Å². The van der Waals surface area contributed by atoms with Gasteiger partial charge in [-0.15, -0.1) is 10.2 Å². The minimum absolute atomic E-state index is 0.0142. The van der Waals surface area contributed by atoms with Gasteiger partial charge in [0.25, 0.3) is 0 Å². The van der Waals surface area contributed by atoms with Crippen molar-refractivity contribution >= 4 is 10.0 Å². The highest BCUT2D eigenvalue weighted by molar-refractivity contribution is 7.89. The van der Waals surface area contributed by atoms with Crippen molar-refractivity contribution < 1.29 is 17.6 Å². The van der Waals surface area contributed by atoms with E-state index in [2.05, 4.69) is 15.2 Å². The Hall–Kier alpha value is -2.78. The summed E-state index contributed by atoms with van der Waals surface area (Å²) in [5.41, 5.74) is 1.23. The molecule has 2 N–H and O–H groups in total. The molecular weight excluding hydrogens is 320 g/mol. The van der Waals surface area contributed by atoms with Crippen molar-refractivity contribution in [3.05, 3.63) is 42.6 Å². The van der Waals surface area contributed by atoms with Gasteiger partial charge >= 0.3 is 0 Å². The fourth-order valence-corrected chi connectivity index (χ4v) is 2.39. The molecule has 1 aromatic carbocycles. The van der Waals surface area contributed by atoms with E-state index in [1.165, 1.54) is 19.2 Å². The Bertz CT molecular complexity index is 918. The van der Waals surface area contributed by atoms with Crippen molar-refractivity contribution in [1.82, 2.24) is 15.2 Å². The Labute approximate surface area is 132 Å². The molecule has 3 aromatic rings. The first-order valence-electron chi connectivity index (χ1n) is 6.44. The van der Waals surface area contributed by atoms with E-state index in [9.17, 15) is 8.42 Å². The lowest BCUT2D eigenvalue weighted by Gasteiger charge is -1.99. The maximum Gasteiger partial charge on any atom is 0.249 e. The summed E-state index contributed by atoms with van der Waals surface area (Å²) in [4.78, 5) is 4.08. The number of aromatic nitrogens is 3. The molecule has 0 saturated carbocycles. The molecule has 0 unspecified atom stereocenters. The third-order valence-corrected chi connectivity index (χ3v) is 3.98. The van der Waals surface area contributed by atoms with Crippen molar-refractivity contribution in [3.8, 4) is 28.8 Å². The summed E-state index contributed by atoms with van der Waals surface area (Å²) in [7, 11) is -2.21. The van der Waals surface area contributed by atoms with Gasteiger partial charge in [-0.25, -0.2) is 18.5 Å². The van der Waals surface area contributed by atoms with Gasteiger partial charge in [0, 0.05) is 17.8 Å². The maximum atomic E-state index is 11.2. The zero-order valence-corrected chi connectivity index (χ0v) is 12.8. The number of benzene rings is 1. The van der Waals surface area contributed by atoms with Gasteiger partial charge < -0.3 is 9.15 Å².